The van der Waals surface area contributed by atoms with Gasteiger partial charge in [-0.15, -0.1) is 0 Å². The Kier molecular flexibility index (Phi) is 5.71. The zero-order chi connectivity index (χ0) is 15.1. The van der Waals surface area contributed by atoms with E-state index in [1.54, 1.807) is 31.2 Å². The Labute approximate surface area is 116 Å². The lowest BCUT2D eigenvalue weighted by Crippen LogP contribution is -2.16. The topological polar surface area (TPSA) is 92.7 Å². The summed E-state index contributed by atoms with van der Waals surface area (Å²) in [7, 11) is 1.29. The van der Waals surface area contributed by atoms with E-state index in [-0.39, 0.29) is 18.7 Å². The lowest BCUT2D eigenvalue weighted by Gasteiger charge is -2.08. The summed E-state index contributed by atoms with van der Waals surface area (Å²) in [5, 5.41) is 11.4. The van der Waals surface area contributed by atoms with E-state index in [4.69, 9.17) is 5.11 Å². The highest BCUT2D eigenvalue weighted by Crippen LogP contribution is 2.12. The molecule has 1 aromatic rings. The molecular weight excluding hydrogens is 262 g/mol. The fourth-order valence-electron chi connectivity index (χ4n) is 1.50. The molecule has 1 aromatic carbocycles. The van der Waals surface area contributed by atoms with Crippen LogP contribution in [0.4, 0.5) is 5.69 Å². The van der Waals surface area contributed by atoms with Crippen molar-refractivity contribution in [1.82, 2.24) is 0 Å². The van der Waals surface area contributed by atoms with Gasteiger partial charge in [-0.05, 0) is 30.7 Å². The SMILES string of the molecule is COC(=O)c1ccc(NC(=O)CC[C@H](C)C(=O)O)cc1. The zero-order valence-electron chi connectivity index (χ0n) is 11.4. The van der Waals surface area contributed by atoms with Crippen LogP contribution in [0.15, 0.2) is 24.3 Å². The van der Waals surface area contributed by atoms with E-state index >= 15 is 0 Å². The Balaban J connectivity index is 2.50. The molecule has 0 saturated carbocycles. The standard InChI is InChI=1S/C14H17NO5/c1-9(13(17)18)3-8-12(16)15-11-6-4-10(5-7-11)14(19)20-2/h4-7,9H,3,8H2,1-2H3,(H,15,16)(H,17,18)/t9-/m0/s1. The summed E-state index contributed by atoms with van der Waals surface area (Å²) in [6, 6.07) is 6.26. The third kappa shape index (κ3) is 4.72. The number of rotatable bonds is 6. The number of carbonyl (C=O) groups excluding carboxylic acids is 2. The van der Waals surface area contributed by atoms with E-state index in [1.807, 2.05) is 0 Å². The van der Waals surface area contributed by atoms with E-state index in [9.17, 15) is 14.4 Å². The number of nitrogens with one attached hydrogen (secondary N) is 1. The fraction of sp³-hybridized carbons (Fsp3) is 0.357. The number of amides is 1. The highest BCUT2D eigenvalue weighted by Gasteiger charge is 2.13. The van der Waals surface area contributed by atoms with Crippen LogP contribution in [0.2, 0.25) is 0 Å². The quantitative estimate of drug-likeness (QED) is 0.776. The molecule has 1 amide bonds. The lowest BCUT2D eigenvalue weighted by molar-refractivity contribution is -0.141. The molecule has 108 valence electrons. The van der Waals surface area contributed by atoms with Gasteiger partial charge in [0.2, 0.25) is 5.91 Å². The number of methoxy groups -OCH3 is 1. The minimum Gasteiger partial charge on any atom is -0.481 e. The average molecular weight is 279 g/mol. The molecule has 0 fully saturated rings. The van der Waals surface area contributed by atoms with Crippen molar-refractivity contribution in [2.45, 2.75) is 19.8 Å². The first-order valence-electron chi connectivity index (χ1n) is 6.15. The first-order chi connectivity index (χ1) is 9.43. The largest absolute Gasteiger partial charge is 0.481 e. The summed E-state index contributed by atoms with van der Waals surface area (Å²) in [4.78, 5) is 33.5. The molecule has 20 heavy (non-hydrogen) atoms. The second-order valence-electron chi connectivity index (χ2n) is 4.40. The van der Waals surface area contributed by atoms with Crippen molar-refractivity contribution >= 4 is 23.5 Å². The van der Waals surface area contributed by atoms with Gasteiger partial charge in [-0.3, -0.25) is 9.59 Å². The van der Waals surface area contributed by atoms with Gasteiger partial charge in [0.25, 0.3) is 0 Å². The van der Waals surface area contributed by atoms with Crippen molar-refractivity contribution in [2.75, 3.05) is 12.4 Å². The van der Waals surface area contributed by atoms with Crippen molar-refractivity contribution in [3.63, 3.8) is 0 Å². The molecule has 0 radical (unpaired) electrons. The number of esters is 1. The Morgan fingerprint density at radius 2 is 1.85 bits per heavy atom. The van der Waals surface area contributed by atoms with Gasteiger partial charge in [0.05, 0.1) is 18.6 Å². The number of hydrogen-bond acceptors (Lipinski definition) is 4. The van der Waals surface area contributed by atoms with Crippen molar-refractivity contribution in [1.29, 1.82) is 0 Å². The molecule has 0 aliphatic heterocycles. The molecule has 6 nitrogen and oxygen atoms in total. The minimum atomic E-state index is -0.916. The Morgan fingerprint density at radius 3 is 2.35 bits per heavy atom. The number of benzene rings is 1. The molecule has 1 rings (SSSR count). The smallest absolute Gasteiger partial charge is 0.337 e. The molecule has 0 heterocycles. The van der Waals surface area contributed by atoms with E-state index in [0.29, 0.717) is 11.3 Å². The monoisotopic (exact) mass is 279 g/mol. The fourth-order valence-corrected chi connectivity index (χ4v) is 1.50. The van der Waals surface area contributed by atoms with Crippen LogP contribution in [0.3, 0.4) is 0 Å². The summed E-state index contributed by atoms with van der Waals surface area (Å²) >= 11 is 0. The predicted octanol–water partition coefficient (Wildman–Crippen LogP) is 1.91. The van der Waals surface area contributed by atoms with Crippen LogP contribution in [0.5, 0.6) is 0 Å². The molecule has 0 aromatic heterocycles. The molecule has 0 aliphatic rings. The molecule has 0 saturated heterocycles. The molecule has 0 bridgehead atoms. The van der Waals surface area contributed by atoms with Crippen LogP contribution in [0.1, 0.15) is 30.1 Å². The third-order valence-corrected chi connectivity index (χ3v) is 2.82. The van der Waals surface area contributed by atoms with Gasteiger partial charge < -0.3 is 15.2 Å². The van der Waals surface area contributed by atoms with Gasteiger partial charge in [0.1, 0.15) is 0 Å². The predicted molar refractivity (Wildman–Crippen MR) is 72.4 cm³/mol. The molecule has 0 aliphatic carbocycles. The number of carboxylic acids is 1. The Morgan fingerprint density at radius 1 is 1.25 bits per heavy atom. The van der Waals surface area contributed by atoms with Gasteiger partial charge in [0, 0.05) is 12.1 Å². The summed E-state index contributed by atoms with van der Waals surface area (Å²) in [6.07, 6.45) is 0.410. The second kappa shape index (κ2) is 7.28. The number of aliphatic carboxylic acids is 1. The number of carbonyl (C=O) groups is 3. The van der Waals surface area contributed by atoms with Crippen LogP contribution in [-0.2, 0) is 14.3 Å². The lowest BCUT2D eigenvalue weighted by atomic mass is 10.1. The van der Waals surface area contributed by atoms with Crippen LogP contribution in [-0.4, -0.2) is 30.1 Å². The molecule has 1 atom stereocenters. The Bertz CT molecular complexity index is 495. The minimum absolute atomic E-state index is 0.131. The van der Waals surface area contributed by atoms with Crippen molar-refractivity contribution in [2.24, 2.45) is 5.92 Å². The number of carboxylic acid groups (broad SMARTS) is 1. The van der Waals surface area contributed by atoms with E-state index in [1.165, 1.54) is 7.11 Å². The highest BCUT2D eigenvalue weighted by molar-refractivity contribution is 5.93. The van der Waals surface area contributed by atoms with Gasteiger partial charge in [-0.1, -0.05) is 6.92 Å². The van der Waals surface area contributed by atoms with E-state index in [2.05, 4.69) is 10.1 Å². The molecule has 2 N–H and O–H groups in total. The zero-order valence-corrected chi connectivity index (χ0v) is 11.4. The van der Waals surface area contributed by atoms with Crippen LogP contribution in [0.25, 0.3) is 0 Å². The Hall–Kier alpha value is -2.37. The number of hydrogen-bond donors (Lipinski definition) is 2. The van der Waals surface area contributed by atoms with E-state index < -0.39 is 17.9 Å². The van der Waals surface area contributed by atoms with Crippen LogP contribution in [0, 0.1) is 5.92 Å². The highest BCUT2D eigenvalue weighted by atomic mass is 16.5. The van der Waals surface area contributed by atoms with E-state index in [0.717, 1.165) is 0 Å². The normalized spacial score (nSPS) is 11.5. The van der Waals surface area contributed by atoms with Gasteiger partial charge >= 0.3 is 11.9 Å². The van der Waals surface area contributed by atoms with Gasteiger partial charge in [0.15, 0.2) is 0 Å². The average Bonchev–Trinajstić information content (AvgIpc) is 2.44. The summed E-state index contributed by atoms with van der Waals surface area (Å²) in [5.74, 6) is -2.18. The molecule has 6 heteroatoms. The first-order valence-corrected chi connectivity index (χ1v) is 6.15. The summed E-state index contributed by atoms with van der Waals surface area (Å²) < 4.78 is 4.56. The van der Waals surface area contributed by atoms with Gasteiger partial charge in [-0.25, -0.2) is 4.79 Å². The first kappa shape index (κ1) is 15.7. The number of ether oxygens (including phenoxy) is 1. The maximum absolute atomic E-state index is 11.6. The van der Waals surface area contributed by atoms with Crippen LogP contribution < -0.4 is 5.32 Å². The molecule has 0 spiro atoms. The maximum Gasteiger partial charge on any atom is 0.337 e. The van der Waals surface area contributed by atoms with Gasteiger partial charge in [-0.2, -0.15) is 0 Å². The summed E-state index contributed by atoms with van der Waals surface area (Å²) in [5.41, 5.74) is 0.940. The van der Waals surface area contributed by atoms with Crippen molar-refractivity contribution in [3.05, 3.63) is 29.8 Å². The molecule has 0 unspecified atom stereocenters. The number of anilines is 1. The third-order valence-electron chi connectivity index (χ3n) is 2.82. The van der Waals surface area contributed by atoms with Crippen molar-refractivity contribution in [3.8, 4) is 0 Å². The van der Waals surface area contributed by atoms with Crippen molar-refractivity contribution < 1.29 is 24.2 Å². The maximum atomic E-state index is 11.6. The second-order valence-corrected chi connectivity index (χ2v) is 4.40. The van der Waals surface area contributed by atoms with Crippen LogP contribution >= 0.6 is 0 Å². The molecular formula is C14H17NO5. The summed E-state index contributed by atoms with van der Waals surface area (Å²) in [6.45, 7) is 1.56.